The average Bonchev–Trinajstić information content (AvgIpc) is 2.86. The van der Waals surface area contributed by atoms with Gasteiger partial charge in [0.1, 0.15) is 0 Å². The van der Waals surface area contributed by atoms with Crippen LogP contribution in [0.5, 0.6) is 0 Å². The van der Waals surface area contributed by atoms with Crippen molar-refractivity contribution in [3.63, 3.8) is 0 Å². The topological polar surface area (TPSA) is 9.23 Å². The van der Waals surface area contributed by atoms with Crippen molar-refractivity contribution in [1.29, 1.82) is 0 Å². The summed E-state index contributed by atoms with van der Waals surface area (Å²) >= 11 is 14.9. The van der Waals surface area contributed by atoms with E-state index >= 15 is 0 Å². The predicted octanol–water partition coefficient (Wildman–Crippen LogP) is 6.80. The van der Waals surface area contributed by atoms with Crippen molar-refractivity contribution in [3.8, 4) is 0 Å². The molecule has 0 aliphatic heterocycles. The quantitative estimate of drug-likeness (QED) is 0.199. The van der Waals surface area contributed by atoms with Gasteiger partial charge in [0.2, 0.25) is 0 Å². The van der Waals surface area contributed by atoms with Gasteiger partial charge in [-0.3, -0.25) is 0 Å². The number of halogens is 2. The van der Waals surface area contributed by atoms with Gasteiger partial charge in [0.05, 0.1) is 0 Å². The summed E-state index contributed by atoms with van der Waals surface area (Å²) in [6.45, 7) is 2.33. The first kappa shape index (κ1) is 23.0. The third kappa shape index (κ3) is 4.24. The Morgan fingerprint density at radius 2 is 0.969 bits per heavy atom. The van der Waals surface area contributed by atoms with E-state index in [1.165, 1.54) is 0 Å². The van der Waals surface area contributed by atoms with E-state index in [4.69, 9.17) is 27.6 Å². The normalized spacial score (nSPS) is 14.8. The Kier molecular flexibility index (Phi) is 6.75. The average molecular weight is 481 g/mol. The molecule has 4 heteroatoms. The second-order valence-electron chi connectivity index (χ2n) is 8.23. The molecule has 0 fully saturated rings. The van der Waals surface area contributed by atoms with Crippen LogP contribution in [0.15, 0.2) is 121 Å². The van der Waals surface area contributed by atoms with E-state index in [0.29, 0.717) is 13.0 Å². The zero-order valence-corrected chi connectivity index (χ0v) is 20.5. The summed E-state index contributed by atoms with van der Waals surface area (Å²) in [6.07, 6.45) is 0.348. The van der Waals surface area contributed by atoms with E-state index in [1.807, 2.05) is 91.9 Å². The summed E-state index contributed by atoms with van der Waals surface area (Å²) in [5.74, 6) is -3.45. The van der Waals surface area contributed by atoms with Gasteiger partial charge in [-0.15, -0.1) is 0 Å². The molecule has 0 aliphatic rings. The van der Waals surface area contributed by atoms with Crippen LogP contribution in [-0.2, 0) is 9.61 Å². The van der Waals surface area contributed by atoms with E-state index in [-0.39, 0.29) is 0 Å². The second kappa shape index (κ2) is 9.38. The molecule has 4 aromatic rings. The summed E-state index contributed by atoms with van der Waals surface area (Å²) in [4.78, 5) is -0.655. The van der Waals surface area contributed by atoms with E-state index in [9.17, 15) is 0 Å². The van der Waals surface area contributed by atoms with E-state index in [0.717, 1.165) is 21.5 Å². The third-order valence-electron chi connectivity index (χ3n) is 5.97. The van der Waals surface area contributed by atoms with Crippen molar-refractivity contribution in [2.75, 3.05) is 13.0 Å². The van der Waals surface area contributed by atoms with Crippen LogP contribution in [0.4, 0.5) is 0 Å². The molecule has 0 aromatic heterocycles. The van der Waals surface area contributed by atoms with Crippen LogP contribution < -0.4 is 15.9 Å². The van der Waals surface area contributed by atoms with Gasteiger partial charge >= 0.3 is 201 Å². The van der Waals surface area contributed by atoms with Crippen molar-refractivity contribution >= 4 is 44.7 Å². The molecular weight excluding hydrogens is 454 g/mol. The van der Waals surface area contributed by atoms with Gasteiger partial charge in [-0.1, -0.05) is 0 Å². The maximum absolute atomic E-state index is 8.01. The monoisotopic (exact) mass is 480 g/mol. The number of hydrogen-bond acceptors (Lipinski definition) is 1. The molecule has 1 nitrogen and oxygen atoms in total. The molecule has 0 bridgehead atoms. The molecule has 0 saturated carbocycles. The first-order valence-corrected chi connectivity index (χ1v) is 14.4. The number of benzene rings is 4. The molecule has 32 heavy (non-hydrogen) atoms. The Balaban J connectivity index is 1.81. The first-order chi connectivity index (χ1) is 15.4. The molecule has 0 amide bonds. The molecule has 1 atom stereocenters. The van der Waals surface area contributed by atoms with Gasteiger partial charge < -0.3 is 0 Å². The Bertz CT molecular complexity index is 1030. The van der Waals surface area contributed by atoms with Crippen molar-refractivity contribution in [2.45, 2.75) is 11.8 Å². The summed E-state index contributed by atoms with van der Waals surface area (Å²) in [5.41, 5.74) is 1.02. The standard InChI is InChI=1S/C28H27Cl2OP/c1-28(29,24-14-6-2-7-15-24)22-31-23-32(30,25-16-8-3-9-17-25,26-18-10-4-11-19-26)27-20-12-5-13-21-27/h2-21H,22-23H2,1H3. The fourth-order valence-electron chi connectivity index (χ4n) is 4.17. The number of hydrogen-bond donors (Lipinski definition) is 0. The van der Waals surface area contributed by atoms with Crippen molar-refractivity contribution in [2.24, 2.45) is 0 Å². The Hall–Kier alpha value is -2.15. The van der Waals surface area contributed by atoms with Crippen LogP contribution >= 0.6 is 28.8 Å². The zero-order chi connectivity index (χ0) is 22.5. The number of ether oxygens (including phenoxy) is 1. The molecule has 4 rings (SSSR count). The van der Waals surface area contributed by atoms with Gasteiger partial charge in [-0.2, -0.15) is 0 Å². The zero-order valence-electron chi connectivity index (χ0n) is 18.1. The Labute approximate surface area is 200 Å². The second-order valence-corrected chi connectivity index (χ2v) is 15.5. The van der Waals surface area contributed by atoms with Gasteiger partial charge in [0.25, 0.3) is 0 Å². The van der Waals surface area contributed by atoms with Crippen LogP contribution in [0.25, 0.3) is 0 Å². The van der Waals surface area contributed by atoms with E-state index in [1.54, 1.807) is 0 Å². The van der Waals surface area contributed by atoms with Crippen LogP contribution in [0.2, 0.25) is 0 Å². The van der Waals surface area contributed by atoms with Gasteiger partial charge in [-0.25, -0.2) is 0 Å². The molecule has 0 aliphatic carbocycles. The molecule has 0 radical (unpaired) electrons. The van der Waals surface area contributed by atoms with Crippen LogP contribution in [-0.4, -0.2) is 13.0 Å². The molecule has 1 unspecified atom stereocenters. The van der Waals surface area contributed by atoms with Gasteiger partial charge in [0, 0.05) is 0 Å². The van der Waals surface area contributed by atoms with Crippen molar-refractivity contribution in [3.05, 3.63) is 127 Å². The van der Waals surface area contributed by atoms with Gasteiger partial charge in [0.15, 0.2) is 0 Å². The first-order valence-electron chi connectivity index (χ1n) is 10.7. The molecule has 0 saturated heterocycles. The third-order valence-corrected chi connectivity index (χ3v) is 13.1. The van der Waals surface area contributed by atoms with Crippen LogP contribution in [0.1, 0.15) is 12.5 Å². The summed E-state index contributed by atoms with van der Waals surface area (Å²) in [6, 6.07) is 41.0. The fourth-order valence-corrected chi connectivity index (χ4v) is 9.75. The molecule has 4 aromatic carbocycles. The molecule has 164 valence electrons. The molecule has 0 N–H and O–H groups in total. The molecule has 0 heterocycles. The molecular formula is C28H27Cl2OP. The maximum atomic E-state index is 8.01. The minimum atomic E-state index is -3.45. The summed E-state index contributed by atoms with van der Waals surface area (Å²) in [5, 5.41) is 3.23. The van der Waals surface area contributed by atoms with E-state index in [2.05, 4.69) is 36.4 Å². The summed E-state index contributed by atoms with van der Waals surface area (Å²) in [7, 11) is 0. The minimum absolute atomic E-state index is 0.343. The number of rotatable bonds is 8. The summed E-state index contributed by atoms with van der Waals surface area (Å²) < 4.78 is 6.48. The van der Waals surface area contributed by atoms with Crippen molar-refractivity contribution in [1.82, 2.24) is 0 Å². The fraction of sp³-hybridized carbons (Fsp3) is 0.143. The Morgan fingerprint density at radius 1 is 0.625 bits per heavy atom. The Morgan fingerprint density at radius 3 is 1.34 bits per heavy atom. The predicted molar refractivity (Wildman–Crippen MR) is 141 cm³/mol. The van der Waals surface area contributed by atoms with Gasteiger partial charge in [-0.05, 0) is 0 Å². The van der Waals surface area contributed by atoms with Crippen LogP contribution in [0.3, 0.4) is 0 Å². The van der Waals surface area contributed by atoms with Crippen molar-refractivity contribution < 1.29 is 4.74 Å². The SMILES string of the molecule is CC(Cl)(COCP(Cl)(c1ccccc1)(c1ccccc1)c1ccccc1)c1ccccc1. The molecule has 0 spiro atoms. The van der Waals surface area contributed by atoms with E-state index < -0.39 is 10.8 Å². The van der Waals surface area contributed by atoms with Crippen LogP contribution in [0, 0.1) is 0 Å². The number of alkyl halides is 1.